The third kappa shape index (κ3) is 15.4. The highest BCUT2D eigenvalue weighted by molar-refractivity contribution is 7.70. The summed E-state index contributed by atoms with van der Waals surface area (Å²) in [6.45, 7) is 15.4. The van der Waals surface area contributed by atoms with Gasteiger partial charge >= 0.3 is 0 Å². The number of ether oxygens (including phenoxy) is 1. The number of aliphatic hydroxyl groups is 1. The molecular weight excluding hydrogens is 997 g/mol. The lowest BCUT2D eigenvalue weighted by Gasteiger charge is -2.35. The molecule has 0 bridgehead atoms. The van der Waals surface area contributed by atoms with Gasteiger partial charge in [-0.2, -0.15) is 4.98 Å². The lowest BCUT2D eigenvalue weighted by molar-refractivity contribution is -0.144. The molecule has 16 nitrogen and oxygen atoms in total. The molecule has 0 unspecified atom stereocenters. The second kappa shape index (κ2) is 25.6. The number of nitrogens with zero attached hydrogens (tertiary/aromatic N) is 5. The summed E-state index contributed by atoms with van der Waals surface area (Å²) < 4.78 is 18.7. The molecule has 5 N–H and O–H groups in total. The summed E-state index contributed by atoms with van der Waals surface area (Å²) in [7, 11) is 0.819. The number of aliphatic hydroxyl groups excluding tert-OH is 1. The number of para-hydroxylation sites is 1. The molecule has 1 aliphatic rings. The normalized spacial score (nSPS) is 15.5. The van der Waals surface area contributed by atoms with Crippen molar-refractivity contribution in [3.05, 3.63) is 99.8 Å². The Bertz CT molecular complexity index is 2820. The number of likely N-dealkylation sites (tertiary alicyclic amines) is 1. The van der Waals surface area contributed by atoms with Crippen molar-refractivity contribution in [2.45, 2.75) is 124 Å². The van der Waals surface area contributed by atoms with Gasteiger partial charge in [0.05, 0.1) is 52.9 Å². The third-order valence-corrected chi connectivity index (χ3v) is 16.2. The van der Waals surface area contributed by atoms with E-state index in [1.165, 1.54) is 11.1 Å². The van der Waals surface area contributed by atoms with Crippen molar-refractivity contribution in [1.29, 1.82) is 0 Å². The number of nitrogens with one attached hydrogen (secondary N) is 4. The predicted octanol–water partition coefficient (Wildman–Crippen LogP) is 9.72. The van der Waals surface area contributed by atoms with E-state index < -0.39 is 36.7 Å². The van der Waals surface area contributed by atoms with Crippen LogP contribution in [0.3, 0.4) is 0 Å². The molecular formula is C55H73ClN9O7PS. The van der Waals surface area contributed by atoms with Crippen LogP contribution in [0.15, 0.2) is 72.4 Å². The molecule has 19 heteroatoms. The summed E-state index contributed by atoms with van der Waals surface area (Å²) in [5.74, 6) is 0.297. The number of thiazole rings is 1. The predicted molar refractivity (Wildman–Crippen MR) is 297 cm³/mol. The van der Waals surface area contributed by atoms with Crippen molar-refractivity contribution in [3.63, 3.8) is 0 Å². The fourth-order valence-electron chi connectivity index (χ4n) is 9.02. The minimum atomic E-state index is -2.58. The van der Waals surface area contributed by atoms with Crippen LogP contribution in [-0.4, -0.2) is 112 Å². The van der Waals surface area contributed by atoms with E-state index in [1.54, 1.807) is 36.7 Å². The standard InChI is InChI=1S/C55H73ClN9O7PS/c1-34-28-43(61-54-57-31-41(56)51(63-54)60-42-18-16-17-19-46(42)73(9,10)71)45(72-8)29-39(34)26-27-64(7)48(68)21-15-13-11-12-14-20-47(67)62-50(55(4,5)6)53(70)65-32-40(66)30-44(65)52(69)59-35(2)37-22-24-38(25-23-37)49-36(3)58-33-74-49/h16-19,22-25,28-29,31,33,35,40,44,50,66H,11-15,20-21,26-27,30,32H2,1-10H3,(H,59,69)(H,62,67)(H2,57,60,61,63)/t35-,40+,44-,50+/m0/s1. The van der Waals surface area contributed by atoms with E-state index in [0.29, 0.717) is 59.1 Å². The van der Waals surface area contributed by atoms with Crippen LogP contribution >= 0.6 is 30.1 Å². The van der Waals surface area contributed by atoms with Crippen LogP contribution in [0, 0.1) is 19.3 Å². The van der Waals surface area contributed by atoms with Gasteiger partial charge in [-0.3, -0.25) is 19.2 Å². The number of β-amino-alcohol motifs (C(OH)–C–C–N with tert-alkyl or cyclic N) is 1. The van der Waals surface area contributed by atoms with Crippen molar-refractivity contribution in [3.8, 4) is 16.2 Å². The van der Waals surface area contributed by atoms with E-state index in [4.69, 9.17) is 16.3 Å². The van der Waals surface area contributed by atoms with E-state index in [9.17, 15) is 28.8 Å². The number of benzene rings is 3. The van der Waals surface area contributed by atoms with Gasteiger partial charge in [0.1, 0.15) is 30.0 Å². The number of halogens is 1. The molecule has 1 aliphatic heterocycles. The van der Waals surface area contributed by atoms with E-state index in [-0.39, 0.29) is 49.1 Å². The van der Waals surface area contributed by atoms with Gasteiger partial charge in [0.15, 0.2) is 5.82 Å². The van der Waals surface area contributed by atoms with Crippen molar-refractivity contribution in [2.24, 2.45) is 5.41 Å². The monoisotopic (exact) mass is 1070 g/mol. The Morgan fingerprint density at radius 1 is 0.946 bits per heavy atom. The number of unbranched alkanes of at least 4 members (excludes halogenated alkanes) is 4. The van der Waals surface area contributed by atoms with Gasteiger partial charge in [-0.25, -0.2) is 9.97 Å². The topological polar surface area (TPSA) is 208 Å². The summed E-state index contributed by atoms with van der Waals surface area (Å²) in [4.78, 5) is 71.8. The van der Waals surface area contributed by atoms with Crippen molar-refractivity contribution in [2.75, 3.05) is 51.2 Å². The molecule has 3 heterocycles. The summed E-state index contributed by atoms with van der Waals surface area (Å²) >= 11 is 8.06. The van der Waals surface area contributed by atoms with E-state index in [2.05, 4.69) is 36.2 Å². The average Bonchev–Trinajstić information content (AvgIpc) is 3.97. The first-order valence-electron chi connectivity index (χ1n) is 25.2. The number of aryl methyl sites for hydroxylation is 2. The molecule has 398 valence electrons. The van der Waals surface area contributed by atoms with Crippen molar-refractivity contribution < 1.29 is 33.6 Å². The summed E-state index contributed by atoms with van der Waals surface area (Å²) in [5.41, 5.74) is 7.42. The number of anilines is 4. The zero-order chi connectivity index (χ0) is 53.9. The van der Waals surface area contributed by atoms with Crippen LogP contribution in [0.2, 0.25) is 5.02 Å². The number of carbonyl (C=O) groups is 4. The highest BCUT2D eigenvalue weighted by Crippen LogP contribution is 2.39. The Morgan fingerprint density at radius 3 is 2.30 bits per heavy atom. The lowest BCUT2D eigenvalue weighted by Crippen LogP contribution is -2.57. The van der Waals surface area contributed by atoms with Gasteiger partial charge in [0.25, 0.3) is 0 Å². The van der Waals surface area contributed by atoms with Crippen LogP contribution in [0.25, 0.3) is 10.4 Å². The minimum absolute atomic E-state index is 0.00224. The Hall–Kier alpha value is -5.87. The molecule has 1 saturated heterocycles. The zero-order valence-corrected chi connectivity index (χ0v) is 46.8. The lowest BCUT2D eigenvalue weighted by atomic mass is 9.85. The van der Waals surface area contributed by atoms with E-state index in [0.717, 1.165) is 58.5 Å². The highest BCUT2D eigenvalue weighted by Gasteiger charge is 2.44. The second-order valence-electron chi connectivity index (χ2n) is 20.7. The fraction of sp³-hybridized carbons (Fsp3) is 0.473. The molecule has 74 heavy (non-hydrogen) atoms. The molecule has 2 aromatic heterocycles. The fourth-order valence-corrected chi connectivity index (χ4v) is 11.1. The van der Waals surface area contributed by atoms with Gasteiger partial charge in [0, 0.05) is 44.7 Å². The van der Waals surface area contributed by atoms with Crippen LogP contribution in [0.1, 0.15) is 107 Å². The van der Waals surface area contributed by atoms with Crippen LogP contribution in [-0.2, 0) is 30.2 Å². The number of amides is 4. The molecule has 4 amide bonds. The zero-order valence-electron chi connectivity index (χ0n) is 44.4. The molecule has 4 atom stereocenters. The van der Waals surface area contributed by atoms with Crippen molar-refractivity contribution in [1.82, 2.24) is 35.4 Å². The SMILES string of the molecule is COc1cc(CCN(C)C(=O)CCCCCCCC(=O)N[C@H](C(=O)N2C[C@H](O)C[C@H]2C(=O)N[C@@H](C)c2ccc(-c3scnc3C)cc2)C(C)(C)C)c(C)cc1Nc1ncc(Cl)c(Nc2ccccc2P(C)(C)=O)n1. The first-order valence-corrected chi connectivity index (χ1v) is 29.1. The maximum atomic E-state index is 14.1. The Kier molecular flexibility index (Phi) is 19.8. The van der Waals surface area contributed by atoms with Gasteiger partial charge < -0.3 is 45.5 Å². The number of aromatic nitrogens is 3. The number of likely N-dealkylation sites (N-methyl/N-ethyl adjacent to an activating group) is 1. The smallest absolute Gasteiger partial charge is 0.246 e. The quantitative estimate of drug-likeness (QED) is 0.0306. The Labute approximate surface area is 445 Å². The maximum Gasteiger partial charge on any atom is 0.246 e. The molecule has 1 fully saturated rings. The number of methoxy groups -OCH3 is 1. The molecule has 0 aliphatic carbocycles. The number of carbonyl (C=O) groups excluding carboxylic acids is 4. The minimum Gasteiger partial charge on any atom is -0.495 e. The summed E-state index contributed by atoms with van der Waals surface area (Å²) in [5, 5.41) is 24.1. The van der Waals surface area contributed by atoms with Gasteiger partial charge in [-0.05, 0) is 105 Å². The molecule has 5 aromatic rings. The number of rotatable bonds is 23. The summed E-state index contributed by atoms with van der Waals surface area (Å²) in [6, 6.07) is 17.1. The average molecular weight is 1070 g/mol. The van der Waals surface area contributed by atoms with E-state index in [1.807, 2.05) is 115 Å². The maximum absolute atomic E-state index is 14.1. The van der Waals surface area contributed by atoms with Crippen molar-refractivity contribution >= 4 is 82.2 Å². The molecule has 3 aromatic carbocycles. The first kappa shape index (κ1) is 57.4. The third-order valence-electron chi connectivity index (χ3n) is 13.4. The van der Waals surface area contributed by atoms with Gasteiger partial charge in [-0.15, -0.1) is 11.3 Å². The van der Waals surface area contributed by atoms with Gasteiger partial charge in [-0.1, -0.05) is 88.0 Å². The molecule has 0 saturated carbocycles. The molecule has 0 radical (unpaired) electrons. The Morgan fingerprint density at radius 2 is 1.64 bits per heavy atom. The van der Waals surface area contributed by atoms with Crippen LogP contribution in [0.5, 0.6) is 5.75 Å². The summed E-state index contributed by atoms with van der Waals surface area (Å²) in [6.07, 6.45) is 5.86. The first-order chi connectivity index (χ1) is 35.0. The van der Waals surface area contributed by atoms with Crippen LogP contribution < -0.4 is 31.3 Å². The van der Waals surface area contributed by atoms with Crippen LogP contribution in [0.4, 0.5) is 23.1 Å². The highest BCUT2D eigenvalue weighted by atomic mass is 35.5. The largest absolute Gasteiger partial charge is 0.495 e. The second-order valence-corrected chi connectivity index (χ2v) is 25.1. The molecule has 6 rings (SSSR count). The molecule has 0 spiro atoms. The Balaban J connectivity index is 0.911. The number of hydrogen-bond acceptors (Lipinski definition) is 13. The van der Waals surface area contributed by atoms with Gasteiger partial charge in [0.2, 0.25) is 29.6 Å². The van der Waals surface area contributed by atoms with E-state index >= 15 is 0 Å². The number of hydrogen-bond donors (Lipinski definition) is 5.